The van der Waals surface area contributed by atoms with Crippen LogP contribution in [0.4, 0.5) is 13.2 Å². The van der Waals surface area contributed by atoms with Gasteiger partial charge in [0.2, 0.25) is 0 Å². The maximum atomic E-state index is 12.3. The first-order valence-electron chi connectivity index (χ1n) is 5.05. The second kappa shape index (κ2) is 5.27. The zero-order valence-electron chi connectivity index (χ0n) is 10.0. The molecule has 1 atom stereocenters. The molecule has 0 aliphatic carbocycles. The van der Waals surface area contributed by atoms with Crippen LogP contribution in [0.1, 0.15) is 37.9 Å². The molecule has 0 saturated carbocycles. The van der Waals surface area contributed by atoms with E-state index in [-0.39, 0.29) is 23.9 Å². The molecule has 0 bridgehead atoms. The van der Waals surface area contributed by atoms with E-state index in [2.05, 4.69) is 0 Å². The normalized spacial score (nSPS) is 14.1. The van der Waals surface area contributed by atoms with Crippen LogP contribution in [0.15, 0.2) is 24.3 Å². The second-order valence-corrected chi connectivity index (χ2v) is 4.96. The van der Waals surface area contributed by atoms with Crippen molar-refractivity contribution in [3.63, 3.8) is 0 Å². The molecule has 0 radical (unpaired) electrons. The molecule has 0 spiro atoms. The number of hydrogen-bond donors (Lipinski definition) is 1. The summed E-state index contributed by atoms with van der Waals surface area (Å²) in [7, 11) is 0. The van der Waals surface area contributed by atoms with Crippen molar-refractivity contribution in [2.75, 3.05) is 0 Å². The van der Waals surface area contributed by atoms with Crippen LogP contribution in [0.2, 0.25) is 0 Å². The molecule has 5 heteroatoms. The van der Waals surface area contributed by atoms with Gasteiger partial charge in [-0.3, -0.25) is 0 Å². The van der Waals surface area contributed by atoms with Gasteiger partial charge in [-0.1, -0.05) is 32.9 Å². The maximum Gasteiger partial charge on any atom is 0.416 e. The lowest BCUT2D eigenvalue weighted by Crippen LogP contribution is -2.26. The second-order valence-electron chi connectivity index (χ2n) is 4.96. The summed E-state index contributed by atoms with van der Waals surface area (Å²) < 4.78 is 37.0. The Morgan fingerprint density at radius 3 is 1.71 bits per heavy atom. The third-order valence-electron chi connectivity index (χ3n) is 2.53. The molecule has 0 fully saturated rings. The van der Waals surface area contributed by atoms with Gasteiger partial charge in [-0.05, 0) is 23.1 Å². The first kappa shape index (κ1) is 16.3. The van der Waals surface area contributed by atoms with Crippen LogP contribution < -0.4 is 5.73 Å². The van der Waals surface area contributed by atoms with E-state index in [1.54, 1.807) is 0 Å². The van der Waals surface area contributed by atoms with Crippen molar-refractivity contribution in [1.29, 1.82) is 0 Å². The van der Waals surface area contributed by atoms with Gasteiger partial charge < -0.3 is 5.73 Å². The lowest BCUT2D eigenvalue weighted by molar-refractivity contribution is -0.137. The number of hydrogen-bond acceptors (Lipinski definition) is 1. The Bertz CT molecular complexity index is 351. The summed E-state index contributed by atoms with van der Waals surface area (Å²) in [5.41, 5.74) is 5.86. The number of rotatable bonds is 1. The molecule has 98 valence electrons. The van der Waals surface area contributed by atoms with E-state index >= 15 is 0 Å². The lowest BCUT2D eigenvalue weighted by Gasteiger charge is -2.27. The molecular formula is C12H17ClF3N. The number of alkyl halides is 3. The summed E-state index contributed by atoms with van der Waals surface area (Å²) in [6.45, 7) is 5.86. The topological polar surface area (TPSA) is 26.0 Å². The summed E-state index contributed by atoms with van der Waals surface area (Å²) >= 11 is 0. The Morgan fingerprint density at radius 1 is 1.00 bits per heavy atom. The van der Waals surface area contributed by atoms with Crippen LogP contribution in [0.5, 0.6) is 0 Å². The monoisotopic (exact) mass is 267 g/mol. The predicted octanol–water partition coefficient (Wildman–Crippen LogP) is 4.17. The van der Waals surface area contributed by atoms with Gasteiger partial charge in [0.25, 0.3) is 0 Å². The number of halogens is 4. The zero-order valence-corrected chi connectivity index (χ0v) is 10.8. The number of nitrogens with two attached hydrogens (primary N) is 1. The van der Waals surface area contributed by atoms with Crippen molar-refractivity contribution in [3.8, 4) is 0 Å². The van der Waals surface area contributed by atoms with Crippen LogP contribution in [0.3, 0.4) is 0 Å². The Balaban J connectivity index is 0.00000256. The van der Waals surface area contributed by atoms with E-state index in [4.69, 9.17) is 5.73 Å². The largest absolute Gasteiger partial charge is 0.416 e. The van der Waals surface area contributed by atoms with Crippen LogP contribution >= 0.6 is 12.4 Å². The quantitative estimate of drug-likeness (QED) is 0.812. The molecule has 17 heavy (non-hydrogen) atoms. The Labute approximate surface area is 106 Å². The minimum Gasteiger partial charge on any atom is -0.324 e. The highest BCUT2D eigenvalue weighted by atomic mass is 35.5. The van der Waals surface area contributed by atoms with E-state index in [1.165, 1.54) is 12.1 Å². The first-order valence-corrected chi connectivity index (χ1v) is 5.05. The first-order chi connectivity index (χ1) is 7.12. The van der Waals surface area contributed by atoms with E-state index in [0.717, 1.165) is 17.7 Å². The molecule has 0 amide bonds. The predicted molar refractivity (Wildman–Crippen MR) is 65.1 cm³/mol. The van der Waals surface area contributed by atoms with Gasteiger partial charge in [-0.25, -0.2) is 0 Å². The molecule has 0 aliphatic heterocycles. The summed E-state index contributed by atoms with van der Waals surface area (Å²) in [6.07, 6.45) is -4.29. The smallest absolute Gasteiger partial charge is 0.324 e. The van der Waals surface area contributed by atoms with Gasteiger partial charge in [0, 0.05) is 6.04 Å². The molecular weight excluding hydrogens is 251 g/mol. The molecule has 1 nitrogen and oxygen atoms in total. The molecule has 0 aliphatic rings. The third-order valence-corrected chi connectivity index (χ3v) is 2.53. The average molecular weight is 268 g/mol. The van der Waals surface area contributed by atoms with Crippen molar-refractivity contribution >= 4 is 12.4 Å². The van der Waals surface area contributed by atoms with Crippen molar-refractivity contribution < 1.29 is 13.2 Å². The molecule has 0 saturated heterocycles. The van der Waals surface area contributed by atoms with Crippen molar-refractivity contribution in [1.82, 2.24) is 0 Å². The van der Waals surface area contributed by atoms with E-state index in [1.807, 2.05) is 20.8 Å². The highest BCUT2D eigenvalue weighted by molar-refractivity contribution is 5.85. The summed E-state index contributed by atoms with van der Waals surface area (Å²) in [4.78, 5) is 0. The fourth-order valence-electron chi connectivity index (χ4n) is 1.38. The SMILES string of the molecule is CC(C)(C)[C@H](N)c1ccc(C(F)(F)F)cc1.Cl. The minimum absolute atomic E-state index is 0. The van der Waals surface area contributed by atoms with Crippen LogP contribution in [0.25, 0.3) is 0 Å². The van der Waals surface area contributed by atoms with Gasteiger partial charge in [-0.15, -0.1) is 12.4 Å². The minimum atomic E-state index is -4.29. The van der Waals surface area contributed by atoms with Crippen molar-refractivity contribution in [2.45, 2.75) is 33.0 Å². The molecule has 1 aromatic carbocycles. The van der Waals surface area contributed by atoms with Crippen LogP contribution in [-0.4, -0.2) is 0 Å². The third kappa shape index (κ3) is 4.21. The van der Waals surface area contributed by atoms with E-state index < -0.39 is 11.7 Å². The summed E-state index contributed by atoms with van der Waals surface area (Å²) in [5, 5.41) is 0. The fraction of sp³-hybridized carbons (Fsp3) is 0.500. The number of benzene rings is 1. The van der Waals surface area contributed by atoms with E-state index in [9.17, 15) is 13.2 Å². The molecule has 1 rings (SSSR count). The van der Waals surface area contributed by atoms with Gasteiger partial charge in [0.1, 0.15) is 0 Å². The zero-order chi connectivity index (χ0) is 12.6. The summed E-state index contributed by atoms with van der Waals surface area (Å²) in [5.74, 6) is 0. The molecule has 0 heterocycles. The van der Waals surface area contributed by atoms with Crippen molar-refractivity contribution in [3.05, 3.63) is 35.4 Å². The van der Waals surface area contributed by atoms with E-state index in [0.29, 0.717) is 0 Å². The van der Waals surface area contributed by atoms with Gasteiger partial charge in [0.15, 0.2) is 0 Å². The van der Waals surface area contributed by atoms with Gasteiger partial charge in [0.05, 0.1) is 5.56 Å². The van der Waals surface area contributed by atoms with Crippen LogP contribution in [-0.2, 0) is 6.18 Å². The standard InChI is InChI=1S/C12H16F3N.ClH/c1-11(2,3)10(16)8-4-6-9(7-5-8)12(13,14)15;/h4-7,10H,16H2,1-3H3;1H/t10-;/m1./s1. The Morgan fingerprint density at radius 2 is 1.41 bits per heavy atom. The molecule has 0 aromatic heterocycles. The highest BCUT2D eigenvalue weighted by Crippen LogP contribution is 2.33. The van der Waals surface area contributed by atoms with Gasteiger partial charge in [-0.2, -0.15) is 13.2 Å². The highest BCUT2D eigenvalue weighted by Gasteiger charge is 2.30. The van der Waals surface area contributed by atoms with Gasteiger partial charge >= 0.3 is 6.18 Å². The molecule has 0 unspecified atom stereocenters. The average Bonchev–Trinajstić information content (AvgIpc) is 2.14. The summed E-state index contributed by atoms with van der Waals surface area (Å²) in [6, 6.07) is 4.76. The molecule has 2 N–H and O–H groups in total. The Hall–Kier alpha value is -0.740. The van der Waals surface area contributed by atoms with Crippen molar-refractivity contribution in [2.24, 2.45) is 11.1 Å². The maximum absolute atomic E-state index is 12.3. The Kier molecular flexibility index (Phi) is 5.04. The molecule has 1 aromatic rings. The van der Waals surface area contributed by atoms with Crippen LogP contribution in [0, 0.1) is 5.41 Å². The fourth-order valence-corrected chi connectivity index (χ4v) is 1.38. The lowest BCUT2D eigenvalue weighted by atomic mass is 9.83.